The number of aromatic amines is 1. The van der Waals surface area contributed by atoms with Crippen LogP contribution in [0.15, 0.2) is 47.3 Å². The van der Waals surface area contributed by atoms with Gasteiger partial charge in [0.1, 0.15) is 11.8 Å². The minimum atomic E-state index is -0.245. The van der Waals surface area contributed by atoms with Crippen LogP contribution in [0.2, 0.25) is 0 Å². The second-order valence-electron chi connectivity index (χ2n) is 3.54. The van der Waals surface area contributed by atoms with Gasteiger partial charge < -0.3 is 9.40 Å². The molecule has 2 N–H and O–H groups in total. The van der Waals surface area contributed by atoms with Gasteiger partial charge in [-0.3, -0.25) is 10.1 Å². The van der Waals surface area contributed by atoms with Crippen LogP contribution in [0.4, 0.5) is 5.95 Å². The smallest absolute Gasteiger partial charge is 0.261 e. The van der Waals surface area contributed by atoms with E-state index < -0.39 is 0 Å². The first kappa shape index (κ1) is 9.65. The first-order valence-electron chi connectivity index (χ1n) is 5.11. The van der Waals surface area contributed by atoms with Crippen LogP contribution in [-0.2, 0) is 0 Å². The van der Waals surface area contributed by atoms with Crippen molar-refractivity contribution in [2.24, 2.45) is 0 Å². The SMILES string of the molecule is O=C(Nc1ncc[nH]1)c1coc2ccccc12. The molecule has 2 heterocycles. The number of para-hydroxylation sites is 1. The highest BCUT2D eigenvalue weighted by Crippen LogP contribution is 2.21. The summed E-state index contributed by atoms with van der Waals surface area (Å²) < 4.78 is 5.30. The van der Waals surface area contributed by atoms with E-state index in [1.165, 1.54) is 6.26 Å². The number of aromatic nitrogens is 2. The molecule has 1 aromatic carbocycles. The fourth-order valence-electron chi connectivity index (χ4n) is 1.66. The molecular weight excluding hydrogens is 218 g/mol. The van der Waals surface area contributed by atoms with Gasteiger partial charge in [0.05, 0.1) is 5.56 Å². The zero-order valence-corrected chi connectivity index (χ0v) is 8.81. The standard InChI is InChI=1S/C12H9N3O2/c16-11(15-12-13-5-6-14-12)9-7-17-10-4-2-1-3-8(9)10/h1-7H,(H2,13,14,15,16). The lowest BCUT2D eigenvalue weighted by Gasteiger charge is -1.98. The van der Waals surface area contributed by atoms with Crippen molar-refractivity contribution in [3.8, 4) is 0 Å². The Bertz CT molecular complexity index is 655. The number of hydrogen-bond acceptors (Lipinski definition) is 3. The molecule has 3 rings (SSSR count). The van der Waals surface area contributed by atoms with Gasteiger partial charge in [-0.2, -0.15) is 0 Å². The van der Waals surface area contributed by atoms with Crippen molar-refractivity contribution in [3.63, 3.8) is 0 Å². The molecule has 0 unspecified atom stereocenters. The number of carbonyl (C=O) groups excluding carboxylic acids is 1. The third-order valence-corrected chi connectivity index (χ3v) is 2.46. The Labute approximate surface area is 96.5 Å². The van der Waals surface area contributed by atoms with Crippen LogP contribution in [-0.4, -0.2) is 15.9 Å². The van der Waals surface area contributed by atoms with E-state index in [4.69, 9.17) is 4.42 Å². The van der Waals surface area contributed by atoms with Gasteiger partial charge in [0, 0.05) is 17.8 Å². The van der Waals surface area contributed by atoms with E-state index in [2.05, 4.69) is 15.3 Å². The van der Waals surface area contributed by atoms with E-state index in [1.807, 2.05) is 24.3 Å². The molecule has 3 aromatic rings. The molecule has 0 aliphatic heterocycles. The third-order valence-electron chi connectivity index (χ3n) is 2.46. The lowest BCUT2D eigenvalue weighted by atomic mass is 10.2. The predicted molar refractivity (Wildman–Crippen MR) is 62.8 cm³/mol. The quantitative estimate of drug-likeness (QED) is 0.706. The van der Waals surface area contributed by atoms with Gasteiger partial charge in [-0.05, 0) is 6.07 Å². The highest BCUT2D eigenvalue weighted by atomic mass is 16.3. The normalized spacial score (nSPS) is 10.6. The van der Waals surface area contributed by atoms with Crippen LogP contribution in [0.3, 0.4) is 0 Å². The second kappa shape index (κ2) is 3.79. The molecular formula is C12H9N3O2. The van der Waals surface area contributed by atoms with Crippen LogP contribution in [0.25, 0.3) is 11.0 Å². The maximum Gasteiger partial charge on any atom is 0.261 e. The highest BCUT2D eigenvalue weighted by molar-refractivity contribution is 6.11. The molecule has 5 nitrogen and oxygen atoms in total. The van der Waals surface area contributed by atoms with E-state index in [9.17, 15) is 4.79 Å². The number of fused-ring (bicyclic) bond motifs is 1. The van der Waals surface area contributed by atoms with E-state index in [0.717, 1.165) is 5.39 Å². The van der Waals surface area contributed by atoms with Crippen molar-refractivity contribution >= 4 is 22.8 Å². The monoisotopic (exact) mass is 227 g/mol. The molecule has 0 atom stereocenters. The summed E-state index contributed by atoms with van der Waals surface area (Å²) in [5.74, 6) is 0.171. The summed E-state index contributed by atoms with van der Waals surface area (Å²) in [5, 5.41) is 3.44. The van der Waals surface area contributed by atoms with Crippen LogP contribution in [0.5, 0.6) is 0 Å². The maximum atomic E-state index is 12.0. The summed E-state index contributed by atoms with van der Waals surface area (Å²) in [6.07, 6.45) is 4.66. The fourth-order valence-corrected chi connectivity index (χ4v) is 1.66. The van der Waals surface area contributed by atoms with Gasteiger partial charge in [-0.25, -0.2) is 4.98 Å². The Morgan fingerprint density at radius 2 is 2.24 bits per heavy atom. The summed E-state index contributed by atoms with van der Waals surface area (Å²) in [5.41, 5.74) is 1.19. The second-order valence-corrected chi connectivity index (χ2v) is 3.54. The Kier molecular flexibility index (Phi) is 2.15. The largest absolute Gasteiger partial charge is 0.463 e. The summed E-state index contributed by atoms with van der Waals surface area (Å²) in [7, 11) is 0. The molecule has 0 saturated heterocycles. The number of imidazole rings is 1. The summed E-state index contributed by atoms with van der Waals surface area (Å²) in [6, 6.07) is 7.39. The molecule has 0 saturated carbocycles. The predicted octanol–water partition coefficient (Wildman–Crippen LogP) is 2.41. The first-order chi connectivity index (χ1) is 8.34. The topological polar surface area (TPSA) is 70.9 Å². The molecule has 1 amide bonds. The van der Waals surface area contributed by atoms with Crippen molar-refractivity contribution in [3.05, 3.63) is 48.5 Å². The summed E-state index contributed by atoms with van der Waals surface area (Å²) in [6.45, 7) is 0. The van der Waals surface area contributed by atoms with Crippen molar-refractivity contribution in [1.82, 2.24) is 9.97 Å². The Morgan fingerprint density at radius 3 is 3.06 bits per heavy atom. The lowest BCUT2D eigenvalue weighted by Crippen LogP contribution is -2.12. The van der Waals surface area contributed by atoms with Crippen molar-refractivity contribution in [1.29, 1.82) is 0 Å². The van der Waals surface area contributed by atoms with Crippen molar-refractivity contribution in [2.45, 2.75) is 0 Å². The number of amides is 1. The maximum absolute atomic E-state index is 12.0. The number of carbonyl (C=O) groups is 1. The highest BCUT2D eigenvalue weighted by Gasteiger charge is 2.13. The number of H-pyrrole nitrogens is 1. The number of nitrogens with zero attached hydrogens (tertiary/aromatic N) is 1. The third kappa shape index (κ3) is 1.67. The molecule has 0 bridgehead atoms. The van der Waals surface area contributed by atoms with E-state index in [0.29, 0.717) is 17.1 Å². The zero-order chi connectivity index (χ0) is 11.7. The Morgan fingerprint density at radius 1 is 1.35 bits per heavy atom. The average molecular weight is 227 g/mol. The molecule has 0 aliphatic rings. The van der Waals surface area contributed by atoms with E-state index in [-0.39, 0.29) is 5.91 Å². The number of nitrogens with one attached hydrogen (secondary N) is 2. The molecule has 0 aliphatic carbocycles. The molecule has 5 heteroatoms. The number of hydrogen-bond donors (Lipinski definition) is 2. The van der Waals surface area contributed by atoms with Gasteiger partial charge in [0.15, 0.2) is 0 Å². The van der Waals surface area contributed by atoms with E-state index in [1.54, 1.807) is 12.4 Å². The average Bonchev–Trinajstić information content (AvgIpc) is 2.96. The minimum Gasteiger partial charge on any atom is -0.463 e. The summed E-state index contributed by atoms with van der Waals surface area (Å²) in [4.78, 5) is 18.7. The molecule has 2 aromatic heterocycles. The molecule has 0 fully saturated rings. The zero-order valence-electron chi connectivity index (χ0n) is 8.81. The van der Waals surface area contributed by atoms with Crippen LogP contribution >= 0.6 is 0 Å². The molecule has 17 heavy (non-hydrogen) atoms. The lowest BCUT2D eigenvalue weighted by molar-refractivity contribution is 0.102. The van der Waals surface area contributed by atoms with Gasteiger partial charge in [0.2, 0.25) is 5.95 Å². The number of furan rings is 1. The van der Waals surface area contributed by atoms with E-state index >= 15 is 0 Å². The van der Waals surface area contributed by atoms with Crippen LogP contribution in [0, 0.1) is 0 Å². The fraction of sp³-hybridized carbons (Fsp3) is 0. The van der Waals surface area contributed by atoms with Gasteiger partial charge >= 0.3 is 0 Å². The summed E-state index contributed by atoms with van der Waals surface area (Å²) >= 11 is 0. The van der Waals surface area contributed by atoms with Crippen LogP contribution in [0.1, 0.15) is 10.4 Å². The van der Waals surface area contributed by atoms with Gasteiger partial charge in [-0.15, -0.1) is 0 Å². The Hall–Kier alpha value is -2.56. The molecule has 0 radical (unpaired) electrons. The van der Waals surface area contributed by atoms with Gasteiger partial charge in [-0.1, -0.05) is 18.2 Å². The Balaban J connectivity index is 1.96. The minimum absolute atomic E-state index is 0.245. The number of anilines is 1. The molecule has 84 valence electrons. The van der Waals surface area contributed by atoms with Crippen LogP contribution < -0.4 is 5.32 Å². The molecule has 0 spiro atoms. The number of rotatable bonds is 2. The first-order valence-corrected chi connectivity index (χ1v) is 5.11. The van der Waals surface area contributed by atoms with Gasteiger partial charge in [0.25, 0.3) is 5.91 Å². The van der Waals surface area contributed by atoms with Crippen molar-refractivity contribution in [2.75, 3.05) is 5.32 Å². The number of benzene rings is 1. The van der Waals surface area contributed by atoms with Crippen molar-refractivity contribution < 1.29 is 9.21 Å².